The molecule has 0 heterocycles. The molecule has 7 unspecified atom stereocenters. The lowest BCUT2D eigenvalue weighted by Crippen LogP contribution is -2.50. The number of benzene rings is 1. The Hall–Kier alpha value is -3.74. The number of rotatable bonds is 6. The van der Waals surface area contributed by atoms with Crippen LogP contribution in [0.25, 0.3) is 0 Å². The first-order valence-electron chi connectivity index (χ1n) is 16.2. The van der Waals surface area contributed by atoms with Crippen molar-refractivity contribution in [1.82, 2.24) is 0 Å². The topological polar surface area (TPSA) is 96.0 Å². The van der Waals surface area contributed by atoms with Gasteiger partial charge in [0.15, 0.2) is 11.5 Å². The summed E-state index contributed by atoms with van der Waals surface area (Å²) in [5.41, 5.74) is 2.99. The highest BCUT2D eigenvalue weighted by atomic mass is 16.5. The maximum Gasteiger partial charge on any atom is 0.302 e. The number of Topliss-reactive ketones (excluding diaryl/α,β-unsaturated/α-hetero) is 1. The molecule has 0 saturated heterocycles. The van der Waals surface area contributed by atoms with Gasteiger partial charge in [0.2, 0.25) is 5.78 Å². The highest BCUT2D eigenvalue weighted by Crippen LogP contribution is 2.64. The molecule has 7 atom stereocenters. The number of hydrogen-bond donors (Lipinski definition) is 0. The number of carbonyl (C=O) groups excluding carboxylic acids is 4. The zero-order valence-electron chi connectivity index (χ0n) is 27.2. The highest BCUT2D eigenvalue weighted by Gasteiger charge is 2.58. The van der Waals surface area contributed by atoms with E-state index in [1.165, 1.54) is 38.2 Å². The number of carbonyl (C=O) groups is 4. The van der Waals surface area contributed by atoms with Crippen molar-refractivity contribution in [2.45, 2.75) is 84.2 Å². The van der Waals surface area contributed by atoms with Crippen molar-refractivity contribution in [3.05, 3.63) is 77.6 Å². The van der Waals surface area contributed by atoms with Crippen LogP contribution < -0.4 is 4.74 Å². The van der Waals surface area contributed by atoms with Crippen LogP contribution in [0.2, 0.25) is 0 Å². The summed E-state index contributed by atoms with van der Waals surface area (Å²) in [5.74, 6) is 2.21. The van der Waals surface area contributed by atoms with E-state index in [1.807, 2.05) is 12.1 Å². The normalized spacial score (nSPS) is 32.6. The molecule has 3 saturated carbocycles. The average molecular weight is 615 g/mol. The predicted octanol–water partition coefficient (Wildman–Crippen LogP) is 7.02. The van der Waals surface area contributed by atoms with Gasteiger partial charge in [-0.25, -0.2) is 0 Å². The molecule has 0 aliphatic heterocycles. The minimum Gasteiger partial charge on any atom is -0.497 e. The van der Waals surface area contributed by atoms with E-state index in [0.29, 0.717) is 29.1 Å². The van der Waals surface area contributed by atoms with Crippen molar-refractivity contribution in [2.75, 3.05) is 14.2 Å². The quantitative estimate of drug-likeness (QED) is 0.193. The molecular weight excluding hydrogens is 568 g/mol. The zero-order valence-corrected chi connectivity index (χ0v) is 27.2. The second-order valence-electron chi connectivity index (χ2n) is 13.7. The molecule has 7 heteroatoms. The third-order valence-electron chi connectivity index (χ3n) is 11.4. The van der Waals surface area contributed by atoms with E-state index in [2.05, 4.69) is 26.5 Å². The van der Waals surface area contributed by atoms with Crippen molar-refractivity contribution in [1.29, 1.82) is 0 Å². The van der Waals surface area contributed by atoms with E-state index in [1.54, 1.807) is 25.3 Å². The van der Waals surface area contributed by atoms with Gasteiger partial charge in [-0.2, -0.15) is 0 Å². The molecule has 0 bridgehead atoms. The van der Waals surface area contributed by atoms with Crippen LogP contribution in [0.15, 0.2) is 72.1 Å². The summed E-state index contributed by atoms with van der Waals surface area (Å²) in [6.45, 7) is 9.96. The lowest BCUT2D eigenvalue weighted by Gasteiger charge is -2.56. The molecule has 0 aromatic heterocycles. The second-order valence-corrected chi connectivity index (χ2v) is 13.7. The first-order valence-corrected chi connectivity index (χ1v) is 16.2. The Labute approximate surface area is 266 Å². The molecule has 45 heavy (non-hydrogen) atoms. The Morgan fingerprint density at radius 1 is 0.933 bits per heavy atom. The molecule has 0 amide bonds. The predicted molar refractivity (Wildman–Crippen MR) is 171 cm³/mol. The van der Waals surface area contributed by atoms with Gasteiger partial charge in [-0.3, -0.25) is 19.2 Å². The van der Waals surface area contributed by atoms with Gasteiger partial charge in [-0.05, 0) is 85.5 Å². The van der Waals surface area contributed by atoms with Gasteiger partial charge >= 0.3 is 5.97 Å². The SMILES string of the molecule is C=CC(C1=CC(=O)C(OC)=CC1=O)c1ccc(OC)cc1.CC(=O)OC1CCC2(C)C(=CCC3C4CCC(=O)C4(C)CCC32)C1. The van der Waals surface area contributed by atoms with Crippen LogP contribution in [0.1, 0.15) is 83.6 Å². The van der Waals surface area contributed by atoms with E-state index >= 15 is 0 Å². The van der Waals surface area contributed by atoms with Crippen LogP contribution in [0, 0.1) is 28.6 Å². The minimum absolute atomic E-state index is 0.0438. The van der Waals surface area contributed by atoms with Crippen LogP contribution in [-0.2, 0) is 28.7 Å². The standard InChI is InChI=1S/C21H30O3.C17H16O4/c1-13(22)24-15-8-10-20(2)14(12-15)4-5-16-17-6-7-19(23)21(17,3)11-9-18(16)20;1-4-13(11-5-7-12(20-2)8-6-11)14-9-16(19)17(21-3)10-15(14)18/h4,15-18H,5-12H2,1-3H3;4-10,13H,1H2,2-3H3. The van der Waals surface area contributed by atoms with E-state index < -0.39 is 0 Å². The molecule has 0 radical (unpaired) electrons. The molecule has 5 aliphatic carbocycles. The summed E-state index contributed by atoms with van der Waals surface area (Å²) in [4.78, 5) is 47.8. The minimum atomic E-state index is -0.345. The number of ketones is 3. The molecule has 0 N–H and O–H groups in total. The van der Waals surface area contributed by atoms with Crippen LogP contribution in [0.3, 0.4) is 0 Å². The summed E-state index contributed by atoms with van der Waals surface area (Å²) in [5, 5.41) is 0. The Kier molecular flexibility index (Phi) is 9.39. The fourth-order valence-corrected chi connectivity index (χ4v) is 8.95. The maximum absolute atomic E-state index is 12.4. The fraction of sp³-hybridized carbons (Fsp3) is 0.526. The van der Waals surface area contributed by atoms with E-state index in [-0.39, 0.29) is 46.1 Å². The third-order valence-corrected chi connectivity index (χ3v) is 11.4. The zero-order chi connectivity index (χ0) is 32.5. The van der Waals surface area contributed by atoms with Crippen molar-refractivity contribution in [2.24, 2.45) is 28.6 Å². The first kappa shape index (κ1) is 32.6. The lowest BCUT2D eigenvalue weighted by molar-refractivity contribution is -0.148. The first-order chi connectivity index (χ1) is 21.4. The number of ether oxygens (including phenoxy) is 3. The summed E-state index contributed by atoms with van der Waals surface area (Å²) >= 11 is 0. The van der Waals surface area contributed by atoms with Gasteiger partial charge in [0.25, 0.3) is 0 Å². The number of methoxy groups -OCH3 is 2. The second kappa shape index (κ2) is 12.9. The Morgan fingerprint density at radius 3 is 2.27 bits per heavy atom. The third kappa shape index (κ3) is 6.10. The molecule has 0 spiro atoms. The fourth-order valence-electron chi connectivity index (χ4n) is 8.95. The number of esters is 1. The van der Waals surface area contributed by atoms with Gasteiger partial charge in [0.1, 0.15) is 17.6 Å². The molecule has 6 rings (SSSR count). The molecule has 1 aromatic rings. The molecule has 1 aromatic carbocycles. The van der Waals surface area contributed by atoms with Gasteiger partial charge in [-0.15, -0.1) is 6.58 Å². The van der Waals surface area contributed by atoms with Gasteiger partial charge < -0.3 is 14.2 Å². The van der Waals surface area contributed by atoms with Crippen molar-refractivity contribution >= 4 is 23.3 Å². The summed E-state index contributed by atoms with van der Waals surface area (Å²) in [7, 11) is 2.95. The van der Waals surface area contributed by atoms with E-state index in [4.69, 9.17) is 14.2 Å². The van der Waals surface area contributed by atoms with Crippen LogP contribution in [-0.4, -0.2) is 43.6 Å². The van der Waals surface area contributed by atoms with Gasteiger partial charge in [0, 0.05) is 42.7 Å². The maximum atomic E-state index is 12.4. The van der Waals surface area contributed by atoms with E-state index in [9.17, 15) is 19.2 Å². The van der Waals surface area contributed by atoms with Crippen LogP contribution in [0.5, 0.6) is 5.75 Å². The number of allylic oxidation sites excluding steroid dienone is 5. The Bertz CT molecular complexity index is 1460. The largest absolute Gasteiger partial charge is 0.497 e. The van der Waals surface area contributed by atoms with Crippen molar-refractivity contribution in [3.8, 4) is 5.75 Å². The Balaban J connectivity index is 0.000000180. The molecule has 5 aliphatic rings. The summed E-state index contributed by atoms with van der Waals surface area (Å²) in [6, 6.07) is 7.30. The molecule has 240 valence electrons. The van der Waals surface area contributed by atoms with Crippen LogP contribution in [0.4, 0.5) is 0 Å². The summed E-state index contributed by atoms with van der Waals surface area (Å²) in [6.07, 6.45) is 15.0. The Morgan fingerprint density at radius 2 is 1.62 bits per heavy atom. The monoisotopic (exact) mass is 614 g/mol. The van der Waals surface area contributed by atoms with Crippen molar-refractivity contribution < 1.29 is 33.4 Å². The average Bonchev–Trinajstić information content (AvgIpc) is 3.33. The smallest absolute Gasteiger partial charge is 0.302 e. The molecule has 3 fully saturated rings. The number of fused-ring (bicyclic) bond motifs is 5. The van der Waals surface area contributed by atoms with Gasteiger partial charge in [0.05, 0.1) is 14.2 Å². The highest BCUT2D eigenvalue weighted by molar-refractivity contribution is 6.19. The lowest BCUT2D eigenvalue weighted by atomic mass is 9.48. The van der Waals surface area contributed by atoms with E-state index in [0.717, 1.165) is 56.3 Å². The number of hydrogen-bond acceptors (Lipinski definition) is 7. The van der Waals surface area contributed by atoms with Gasteiger partial charge in [-0.1, -0.05) is 43.7 Å². The molecular formula is C38H46O7. The molecule has 7 nitrogen and oxygen atoms in total. The van der Waals surface area contributed by atoms with Crippen molar-refractivity contribution in [3.63, 3.8) is 0 Å². The summed E-state index contributed by atoms with van der Waals surface area (Å²) < 4.78 is 15.5. The van der Waals surface area contributed by atoms with Crippen LogP contribution >= 0.6 is 0 Å².